The van der Waals surface area contributed by atoms with E-state index >= 15 is 0 Å². The zero-order valence-corrected chi connectivity index (χ0v) is 23.7. The number of fused-ring (bicyclic) bond motifs is 4. The van der Waals surface area contributed by atoms with Gasteiger partial charge in [-0.1, -0.05) is 42.8 Å². The van der Waals surface area contributed by atoms with Crippen molar-refractivity contribution in [3.05, 3.63) is 89.7 Å². The van der Waals surface area contributed by atoms with Gasteiger partial charge in [0.2, 0.25) is 5.91 Å². The molecule has 1 aliphatic carbocycles. The van der Waals surface area contributed by atoms with Crippen molar-refractivity contribution >= 4 is 16.8 Å². The van der Waals surface area contributed by atoms with E-state index in [4.69, 9.17) is 14.5 Å². The summed E-state index contributed by atoms with van der Waals surface area (Å²) in [5.41, 5.74) is 4.78. The Morgan fingerprint density at radius 1 is 1.05 bits per heavy atom. The molecule has 212 valence electrons. The third kappa shape index (κ3) is 4.71. The number of nitrogens with zero attached hydrogens (tertiary/aromatic N) is 3. The average Bonchev–Trinajstić information content (AvgIpc) is 3.34. The van der Waals surface area contributed by atoms with Crippen molar-refractivity contribution in [2.75, 3.05) is 33.4 Å². The minimum atomic E-state index is -0.0749. The lowest BCUT2D eigenvalue weighted by atomic mass is 9.68. The first kappa shape index (κ1) is 26.2. The van der Waals surface area contributed by atoms with Gasteiger partial charge < -0.3 is 19.7 Å². The number of rotatable bonds is 7. The van der Waals surface area contributed by atoms with Crippen LogP contribution in [0.5, 0.6) is 5.75 Å². The molecule has 1 saturated heterocycles. The number of amides is 1. The van der Waals surface area contributed by atoms with Crippen LogP contribution in [0.4, 0.5) is 0 Å². The molecule has 0 radical (unpaired) electrons. The lowest BCUT2D eigenvalue weighted by Gasteiger charge is -2.47. The highest BCUT2D eigenvalue weighted by atomic mass is 16.5. The number of benzene rings is 2. The number of likely N-dealkylation sites (tertiary alicyclic amines) is 1. The minimum Gasteiger partial charge on any atom is -0.497 e. The number of methoxy groups -OCH3 is 1. The maximum absolute atomic E-state index is 13.1. The fraction of sp³-hybridized carbons (Fsp3) is 0.412. The topological polar surface area (TPSA) is 68.6 Å². The molecule has 7 heteroatoms. The molecule has 3 aliphatic rings. The number of piperidine rings is 1. The second-order valence-electron chi connectivity index (χ2n) is 11.8. The first-order valence-electron chi connectivity index (χ1n) is 14.9. The Morgan fingerprint density at radius 2 is 1.85 bits per heavy atom. The second-order valence-corrected chi connectivity index (χ2v) is 11.8. The Hall–Kier alpha value is -3.68. The quantitative estimate of drug-likeness (QED) is 0.327. The van der Waals surface area contributed by atoms with E-state index in [-0.39, 0.29) is 17.4 Å². The zero-order chi connectivity index (χ0) is 27.8. The fourth-order valence-electron chi connectivity index (χ4n) is 7.04. The van der Waals surface area contributed by atoms with Crippen molar-refractivity contribution in [2.24, 2.45) is 5.92 Å². The van der Waals surface area contributed by atoms with Crippen LogP contribution in [-0.2, 0) is 21.6 Å². The van der Waals surface area contributed by atoms with Gasteiger partial charge in [0.15, 0.2) is 0 Å². The van der Waals surface area contributed by atoms with Crippen molar-refractivity contribution in [1.82, 2.24) is 19.8 Å². The van der Waals surface area contributed by atoms with Crippen LogP contribution < -0.4 is 10.1 Å². The smallest absolute Gasteiger partial charge is 0.225 e. The predicted octanol–water partition coefficient (Wildman–Crippen LogP) is 5.56. The van der Waals surface area contributed by atoms with Crippen molar-refractivity contribution < 1.29 is 14.3 Å². The number of nitrogens with one attached hydrogen (secondary N) is 1. The molecule has 2 aliphatic heterocycles. The summed E-state index contributed by atoms with van der Waals surface area (Å²) in [4.78, 5) is 20.1. The van der Waals surface area contributed by atoms with Gasteiger partial charge in [0, 0.05) is 54.3 Å². The highest BCUT2D eigenvalue weighted by Crippen LogP contribution is 2.48. The van der Waals surface area contributed by atoms with Crippen LogP contribution in [-0.4, -0.2) is 53.7 Å². The SMILES string of the molecule is COc1ccc2c3c(n(-c4ccccn4)c2c1)C(COCc1ccccc1)NCC31CCN(C(=O)C2CCC2)CC1. The fourth-order valence-corrected chi connectivity index (χ4v) is 7.04. The van der Waals surface area contributed by atoms with Gasteiger partial charge in [-0.2, -0.15) is 0 Å². The summed E-state index contributed by atoms with van der Waals surface area (Å²) in [6.45, 7) is 3.58. The van der Waals surface area contributed by atoms with Gasteiger partial charge in [-0.15, -0.1) is 0 Å². The molecule has 1 N–H and O–H groups in total. The Kier molecular flexibility index (Phi) is 7.01. The largest absolute Gasteiger partial charge is 0.497 e. The van der Waals surface area contributed by atoms with E-state index in [2.05, 4.69) is 51.2 Å². The molecule has 7 nitrogen and oxygen atoms in total. The molecule has 4 aromatic rings. The van der Waals surface area contributed by atoms with E-state index < -0.39 is 0 Å². The first-order valence-corrected chi connectivity index (χ1v) is 14.9. The molecule has 1 saturated carbocycles. The third-order valence-corrected chi connectivity index (χ3v) is 9.52. The minimum absolute atomic E-state index is 0.00521. The summed E-state index contributed by atoms with van der Waals surface area (Å²) in [5, 5.41) is 5.14. The molecule has 2 aromatic carbocycles. The van der Waals surface area contributed by atoms with Crippen LogP contribution >= 0.6 is 0 Å². The Bertz CT molecular complexity index is 1520. The highest BCUT2D eigenvalue weighted by molar-refractivity contribution is 5.90. The molecule has 4 heterocycles. The zero-order valence-electron chi connectivity index (χ0n) is 23.7. The summed E-state index contributed by atoms with van der Waals surface area (Å²) in [6, 6.07) is 22.8. The van der Waals surface area contributed by atoms with Gasteiger partial charge >= 0.3 is 0 Å². The van der Waals surface area contributed by atoms with E-state index in [1.807, 2.05) is 36.5 Å². The summed E-state index contributed by atoms with van der Waals surface area (Å²) in [6.07, 6.45) is 7.02. The first-order chi connectivity index (χ1) is 20.2. The van der Waals surface area contributed by atoms with Gasteiger partial charge in [-0.25, -0.2) is 4.98 Å². The maximum Gasteiger partial charge on any atom is 0.225 e. The van der Waals surface area contributed by atoms with Gasteiger partial charge in [0.1, 0.15) is 11.6 Å². The summed E-state index contributed by atoms with van der Waals surface area (Å²) < 4.78 is 14.3. The van der Waals surface area contributed by atoms with Crippen molar-refractivity contribution in [3.63, 3.8) is 0 Å². The van der Waals surface area contributed by atoms with E-state index in [1.165, 1.54) is 28.6 Å². The number of carbonyl (C=O) groups is 1. The van der Waals surface area contributed by atoms with Gasteiger partial charge in [-0.3, -0.25) is 9.36 Å². The summed E-state index contributed by atoms with van der Waals surface area (Å²) in [7, 11) is 1.72. The standard InChI is InChI=1S/C34H38N4O3/c1-40-26-13-14-27-29(20-26)38(30-12-5-6-17-35-30)32-28(22-41-21-24-8-3-2-4-9-24)36-23-34(31(27)32)15-18-37(19-16-34)33(39)25-10-7-11-25/h2-6,8-9,12-14,17,20,25,28,36H,7,10-11,15-16,18-19,21-23H2,1H3. The Labute approximate surface area is 241 Å². The molecule has 2 aromatic heterocycles. The summed E-state index contributed by atoms with van der Waals surface area (Å²) >= 11 is 0. The Balaban J connectivity index is 1.30. The van der Waals surface area contributed by atoms with Crippen LogP contribution in [0.1, 0.15) is 55.0 Å². The lowest BCUT2D eigenvalue weighted by molar-refractivity contribution is -0.139. The average molecular weight is 551 g/mol. The number of hydrogen-bond donors (Lipinski definition) is 1. The second kappa shape index (κ2) is 11.0. The maximum atomic E-state index is 13.1. The van der Waals surface area contributed by atoms with E-state index in [1.54, 1.807) is 7.11 Å². The van der Waals surface area contributed by atoms with Gasteiger partial charge in [-0.05, 0) is 61.1 Å². The number of carbonyl (C=O) groups excluding carboxylic acids is 1. The van der Waals surface area contributed by atoms with Crippen LogP contribution in [0.15, 0.2) is 72.9 Å². The molecule has 41 heavy (non-hydrogen) atoms. The van der Waals surface area contributed by atoms with Crippen LogP contribution in [0.25, 0.3) is 16.7 Å². The van der Waals surface area contributed by atoms with E-state index in [0.717, 1.165) is 62.4 Å². The monoisotopic (exact) mass is 550 g/mol. The lowest BCUT2D eigenvalue weighted by Crippen LogP contribution is -2.54. The molecular formula is C34H38N4O3. The van der Waals surface area contributed by atoms with Crippen molar-refractivity contribution in [1.29, 1.82) is 0 Å². The molecule has 1 unspecified atom stereocenters. The van der Waals surface area contributed by atoms with E-state index in [0.29, 0.717) is 19.1 Å². The molecular weight excluding hydrogens is 512 g/mol. The number of pyridine rings is 1. The number of aromatic nitrogens is 2. The number of hydrogen-bond acceptors (Lipinski definition) is 5. The Morgan fingerprint density at radius 3 is 2.56 bits per heavy atom. The molecule has 1 atom stereocenters. The summed E-state index contributed by atoms with van der Waals surface area (Å²) in [5.74, 6) is 2.32. The van der Waals surface area contributed by atoms with Crippen molar-refractivity contribution in [2.45, 2.75) is 50.2 Å². The predicted molar refractivity (Wildman–Crippen MR) is 159 cm³/mol. The van der Waals surface area contributed by atoms with Crippen molar-refractivity contribution in [3.8, 4) is 11.6 Å². The van der Waals surface area contributed by atoms with Crippen LogP contribution in [0, 0.1) is 5.92 Å². The van der Waals surface area contributed by atoms with Crippen LogP contribution in [0.3, 0.4) is 0 Å². The molecule has 1 spiro atoms. The normalized spacial score (nSPS) is 20.1. The van der Waals surface area contributed by atoms with Gasteiger partial charge in [0.25, 0.3) is 0 Å². The molecule has 0 bridgehead atoms. The van der Waals surface area contributed by atoms with E-state index in [9.17, 15) is 4.79 Å². The molecule has 2 fully saturated rings. The molecule has 1 amide bonds. The highest BCUT2D eigenvalue weighted by Gasteiger charge is 2.47. The van der Waals surface area contributed by atoms with Crippen LogP contribution in [0.2, 0.25) is 0 Å². The number of ether oxygens (including phenoxy) is 2. The van der Waals surface area contributed by atoms with Gasteiger partial charge in [0.05, 0.1) is 31.9 Å². The molecule has 7 rings (SSSR count). The third-order valence-electron chi connectivity index (χ3n) is 9.52.